The number of nitrogens with two attached hydrogens (primary N) is 1. The van der Waals surface area contributed by atoms with Crippen molar-refractivity contribution in [3.8, 4) is 0 Å². The highest BCUT2D eigenvalue weighted by Gasteiger charge is 2.28. The standard InChI is InChI=1S/C19H28N4OS.ClH/c1-3-18-21-16-6-4-5-7-17(16)23(18)14-8-11-22(12-9-14)19(24)15(20)10-13-25-2;/h4-7,14-15H,3,8-13,20H2,1-2H3;1H. The molecule has 1 unspecified atom stereocenters. The number of benzene rings is 1. The van der Waals surface area contributed by atoms with Gasteiger partial charge in [0.25, 0.3) is 0 Å². The monoisotopic (exact) mass is 396 g/mol. The molecule has 1 aliphatic rings. The van der Waals surface area contributed by atoms with E-state index in [1.54, 1.807) is 11.8 Å². The number of fused-ring (bicyclic) bond motifs is 1. The summed E-state index contributed by atoms with van der Waals surface area (Å²) in [6, 6.07) is 8.39. The highest BCUT2D eigenvalue weighted by molar-refractivity contribution is 7.98. The van der Waals surface area contributed by atoms with Gasteiger partial charge >= 0.3 is 0 Å². The number of hydrogen-bond donors (Lipinski definition) is 1. The molecule has 0 radical (unpaired) electrons. The number of para-hydroxylation sites is 2. The van der Waals surface area contributed by atoms with Crippen molar-refractivity contribution >= 4 is 41.1 Å². The normalized spacial score (nSPS) is 16.5. The first-order valence-corrected chi connectivity index (χ1v) is 10.5. The van der Waals surface area contributed by atoms with E-state index in [2.05, 4.69) is 29.7 Å². The number of amides is 1. The lowest BCUT2D eigenvalue weighted by Crippen LogP contribution is -2.47. The summed E-state index contributed by atoms with van der Waals surface area (Å²) in [6.45, 7) is 3.72. The van der Waals surface area contributed by atoms with E-state index in [1.165, 1.54) is 5.52 Å². The summed E-state index contributed by atoms with van der Waals surface area (Å²) in [5.74, 6) is 2.19. The quantitative estimate of drug-likeness (QED) is 0.813. The summed E-state index contributed by atoms with van der Waals surface area (Å²) >= 11 is 1.74. The van der Waals surface area contributed by atoms with Crippen LogP contribution in [0.25, 0.3) is 11.0 Å². The number of nitrogens with zero attached hydrogens (tertiary/aromatic N) is 3. The van der Waals surface area contributed by atoms with Crippen molar-refractivity contribution in [1.82, 2.24) is 14.5 Å². The molecule has 7 heteroatoms. The third-order valence-electron chi connectivity index (χ3n) is 5.08. The number of aromatic nitrogens is 2. The Morgan fingerprint density at radius 3 is 2.69 bits per heavy atom. The van der Waals surface area contributed by atoms with E-state index in [0.29, 0.717) is 6.04 Å². The number of likely N-dealkylation sites (tertiary alicyclic amines) is 1. The van der Waals surface area contributed by atoms with Crippen LogP contribution in [-0.4, -0.2) is 51.5 Å². The van der Waals surface area contributed by atoms with Crippen LogP contribution in [0.2, 0.25) is 0 Å². The molecule has 3 rings (SSSR count). The molecule has 1 amide bonds. The number of piperidine rings is 1. The summed E-state index contributed by atoms with van der Waals surface area (Å²) in [4.78, 5) is 19.2. The first-order valence-electron chi connectivity index (χ1n) is 9.14. The molecule has 1 aromatic heterocycles. The minimum atomic E-state index is -0.357. The van der Waals surface area contributed by atoms with Gasteiger partial charge in [-0.2, -0.15) is 11.8 Å². The van der Waals surface area contributed by atoms with E-state index >= 15 is 0 Å². The van der Waals surface area contributed by atoms with Gasteiger partial charge in [-0.15, -0.1) is 12.4 Å². The Hall–Kier alpha value is -1.24. The van der Waals surface area contributed by atoms with Gasteiger partial charge in [-0.3, -0.25) is 4.79 Å². The molecule has 0 bridgehead atoms. The first-order chi connectivity index (χ1) is 12.2. The number of rotatable bonds is 6. The molecular formula is C19H29ClN4OS. The number of halogens is 1. The Kier molecular flexibility index (Phi) is 7.80. The summed E-state index contributed by atoms with van der Waals surface area (Å²) < 4.78 is 2.39. The van der Waals surface area contributed by atoms with E-state index < -0.39 is 0 Å². The zero-order valence-corrected chi connectivity index (χ0v) is 17.2. The average molecular weight is 397 g/mol. The van der Waals surface area contributed by atoms with Gasteiger partial charge in [0, 0.05) is 25.6 Å². The number of imidazole rings is 1. The van der Waals surface area contributed by atoms with Gasteiger partial charge in [-0.25, -0.2) is 4.98 Å². The van der Waals surface area contributed by atoms with Crippen molar-refractivity contribution in [2.24, 2.45) is 5.73 Å². The Balaban J connectivity index is 0.00000243. The summed E-state index contributed by atoms with van der Waals surface area (Å²) in [7, 11) is 0. The van der Waals surface area contributed by atoms with Crippen LogP contribution in [0.1, 0.15) is 38.1 Å². The zero-order chi connectivity index (χ0) is 17.8. The Morgan fingerprint density at radius 1 is 1.35 bits per heavy atom. The average Bonchev–Trinajstić information content (AvgIpc) is 3.04. The molecule has 26 heavy (non-hydrogen) atoms. The molecule has 2 N–H and O–H groups in total. The van der Waals surface area contributed by atoms with Gasteiger partial charge < -0.3 is 15.2 Å². The van der Waals surface area contributed by atoms with Crippen molar-refractivity contribution in [3.63, 3.8) is 0 Å². The van der Waals surface area contributed by atoms with Gasteiger partial charge in [0.05, 0.1) is 17.1 Å². The summed E-state index contributed by atoms with van der Waals surface area (Å²) in [6.07, 6.45) is 5.66. The second kappa shape index (κ2) is 9.62. The van der Waals surface area contributed by atoms with E-state index in [4.69, 9.17) is 10.7 Å². The number of carbonyl (C=O) groups excluding carboxylic acids is 1. The SMILES string of the molecule is CCc1nc2ccccc2n1C1CCN(C(=O)C(N)CCSC)CC1.Cl. The highest BCUT2D eigenvalue weighted by atomic mass is 35.5. The van der Waals surface area contributed by atoms with Crippen molar-refractivity contribution in [2.75, 3.05) is 25.1 Å². The van der Waals surface area contributed by atoms with Gasteiger partial charge in [0.2, 0.25) is 5.91 Å². The molecular weight excluding hydrogens is 368 g/mol. The number of carbonyl (C=O) groups is 1. The molecule has 2 heterocycles. The second-order valence-electron chi connectivity index (χ2n) is 6.68. The minimum Gasteiger partial charge on any atom is -0.341 e. The minimum absolute atomic E-state index is 0. The Bertz CT molecular complexity index is 727. The summed E-state index contributed by atoms with van der Waals surface area (Å²) in [5, 5.41) is 0. The lowest BCUT2D eigenvalue weighted by molar-refractivity contribution is -0.133. The molecule has 0 spiro atoms. The van der Waals surface area contributed by atoms with E-state index in [0.717, 1.165) is 55.9 Å². The number of thioether (sulfide) groups is 1. The van der Waals surface area contributed by atoms with Gasteiger partial charge in [-0.1, -0.05) is 19.1 Å². The maximum absolute atomic E-state index is 12.5. The van der Waals surface area contributed by atoms with E-state index in [1.807, 2.05) is 17.2 Å². The van der Waals surface area contributed by atoms with Crippen LogP contribution < -0.4 is 5.73 Å². The van der Waals surface area contributed by atoms with E-state index in [-0.39, 0.29) is 24.4 Å². The third kappa shape index (κ3) is 4.35. The smallest absolute Gasteiger partial charge is 0.239 e. The topological polar surface area (TPSA) is 64.2 Å². The van der Waals surface area contributed by atoms with Crippen LogP contribution in [-0.2, 0) is 11.2 Å². The molecule has 5 nitrogen and oxygen atoms in total. The second-order valence-corrected chi connectivity index (χ2v) is 7.67. The van der Waals surface area contributed by atoms with Crippen LogP contribution >= 0.6 is 24.2 Å². The summed E-state index contributed by atoms with van der Waals surface area (Å²) in [5.41, 5.74) is 8.34. The predicted molar refractivity (Wildman–Crippen MR) is 112 cm³/mol. The molecule has 144 valence electrons. The number of hydrogen-bond acceptors (Lipinski definition) is 4. The number of aryl methyl sites for hydroxylation is 1. The van der Waals surface area contributed by atoms with Crippen molar-refractivity contribution in [2.45, 2.75) is 44.7 Å². The fraction of sp³-hybridized carbons (Fsp3) is 0.579. The highest BCUT2D eigenvalue weighted by Crippen LogP contribution is 2.29. The lowest BCUT2D eigenvalue weighted by Gasteiger charge is -2.35. The van der Waals surface area contributed by atoms with Gasteiger partial charge in [0.1, 0.15) is 5.82 Å². The third-order valence-corrected chi connectivity index (χ3v) is 5.72. The van der Waals surface area contributed by atoms with Crippen LogP contribution in [0.5, 0.6) is 0 Å². The molecule has 1 aliphatic heterocycles. The van der Waals surface area contributed by atoms with Gasteiger partial charge in [0.15, 0.2) is 0 Å². The fourth-order valence-corrected chi connectivity index (χ4v) is 4.19. The fourth-order valence-electron chi connectivity index (χ4n) is 3.70. The molecule has 0 saturated carbocycles. The van der Waals surface area contributed by atoms with Gasteiger partial charge in [-0.05, 0) is 43.4 Å². The van der Waals surface area contributed by atoms with Crippen molar-refractivity contribution in [1.29, 1.82) is 0 Å². The molecule has 0 aliphatic carbocycles. The predicted octanol–water partition coefficient (Wildman–Crippen LogP) is 3.26. The maximum Gasteiger partial charge on any atom is 0.239 e. The van der Waals surface area contributed by atoms with E-state index in [9.17, 15) is 4.79 Å². The van der Waals surface area contributed by atoms with Crippen molar-refractivity contribution in [3.05, 3.63) is 30.1 Å². The Labute approximate surface area is 166 Å². The van der Waals surface area contributed by atoms with Crippen LogP contribution in [0.4, 0.5) is 0 Å². The first kappa shape index (κ1) is 21.1. The largest absolute Gasteiger partial charge is 0.341 e. The van der Waals surface area contributed by atoms with Crippen molar-refractivity contribution < 1.29 is 4.79 Å². The Morgan fingerprint density at radius 2 is 2.04 bits per heavy atom. The molecule has 1 atom stereocenters. The van der Waals surface area contributed by atoms with Crippen LogP contribution in [0.15, 0.2) is 24.3 Å². The van der Waals surface area contributed by atoms with Crippen LogP contribution in [0, 0.1) is 0 Å². The maximum atomic E-state index is 12.5. The lowest BCUT2D eigenvalue weighted by atomic mass is 10.0. The van der Waals surface area contributed by atoms with Crippen LogP contribution in [0.3, 0.4) is 0 Å². The molecule has 1 fully saturated rings. The zero-order valence-electron chi connectivity index (χ0n) is 15.6. The molecule has 1 saturated heterocycles. The molecule has 1 aromatic carbocycles. The molecule has 2 aromatic rings.